The van der Waals surface area contributed by atoms with Crippen LogP contribution in [0.5, 0.6) is 5.75 Å². The van der Waals surface area contributed by atoms with E-state index in [9.17, 15) is 19.5 Å². The number of hydrogen-bond donors (Lipinski definition) is 4. The summed E-state index contributed by atoms with van der Waals surface area (Å²) >= 11 is 0. The predicted octanol–water partition coefficient (Wildman–Crippen LogP) is 1.28. The number of carbonyl (C=O) groups is 2. The molecule has 1 saturated heterocycles. The van der Waals surface area contributed by atoms with Crippen LogP contribution in [0.1, 0.15) is 20.8 Å². The number of rotatable bonds is 5. The fraction of sp³-hybridized carbons (Fsp3) is 0.450. The van der Waals surface area contributed by atoms with Crippen LogP contribution in [0.3, 0.4) is 0 Å². The molecule has 11 heteroatoms. The molecule has 1 aromatic carbocycles. The molecule has 2 amide bonds. The topological polar surface area (TPSA) is 157 Å². The molecule has 0 aliphatic carbocycles. The molecule has 31 heavy (non-hydrogen) atoms. The van der Waals surface area contributed by atoms with Gasteiger partial charge in [-0.25, -0.2) is 9.59 Å². The van der Waals surface area contributed by atoms with Crippen LogP contribution in [-0.4, -0.2) is 59.5 Å². The average molecular weight is 436 g/mol. The molecular weight excluding hydrogens is 412 g/mol. The van der Waals surface area contributed by atoms with Gasteiger partial charge in [-0.2, -0.15) is 0 Å². The van der Waals surface area contributed by atoms with E-state index >= 15 is 0 Å². The Morgan fingerprint density at radius 1 is 1.23 bits per heavy atom. The molecule has 0 saturated carbocycles. The van der Waals surface area contributed by atoms with Gasteiger partial charge < -0.3 is 39.5 Å². The lowest BCUT2D eigenvalue weighted by molar-refractivity contribution is -0.276. The van der Waals surface area contributed by atoms with Crippen LogP contribution < -0.4 is 21.0 Å². The molecule has 168 valence electrons. The highest BCUT2D eigenvalue weighted by Crippen LogP contribution is 2.33. The molecule has 11 nitrogen and oxygen atoms in total. The summed E-state index contributed by atoms with van der Waals surface area (Å²) in [6.45, 7) is 4.64. The lowest BCUT2D eigenvalue weighted by Crippen LogP contribution is -2.68. The van der Waals surface area contributed by atoms with Crippen molar-refractivity contribution in [1.29, 1.82) is 0 Å². The Hall–Kier alpha value is -3.15. The van der Waals surface area contributed by atoms with E-state index in [-0.39, 0.29) is 17.0 Å². The van der Waals surface area contributed by atoms with E-state index in [0.717, 1.165) is 0 Å². The second-order valence-electron chi connectivity index (χ2n) is 7.66. The van der Waals surface area contributed by atoms with Gasteiger partial charge in [0.25, 0.3) is 0 Å². The van der Waals surface area contributed by atoms with Gasteiger partial charge in [0.15, 0.2) is 0 Å². The van der Waals surface area contributed by atoms with E-state index in [1.54, 1.807) is 26.0 Å². The maximum absolute atomic E-state index is 12.1. The summed E-state index contributed by atoms with van der Waals surface area (Å²) in [5.74, 6) is -0.197. The van der Waals surface area contributed by atoms with Gasteiger partial charge in [0.2, 0.25) is 12.2 Å². The number of aliphatic hydroxyl groups is 1. The zero-order chi connectivity index (χ0) is 22.9. The van der Waals surface area contributed by atoms with Crippen molar-refractivity contribution in [1.82, 2.24) is 5.32 Å². The summed E-state index contributed by atoms with van der Waals surface area (Å²) in [6.07, 6.45) is -4.64. The summed E-state index contributed by atoms with van der Waals surface area (Å²) < 4.78 is 22.2. The number of amides is 2. The van der Waals surface area contributed by atoms with Crippen LogP contribution in [0.15, 0.2) is 33.5 Å². The molecule has 4 atom stereocenters. The summed E-state index contributed by atoms with van der Waals surface area (Å²) in [6, 6.07) is 4.90. The number of nitrogens with one attached hydrogen (secondary N) is 2. The molecule has 2 heterocycles. The third-order valence-electron chi connectivity index (χ3n) is 4.89. The molecular formula is C20H24N2O9. The van der Waals surface area contributed by atoms with Crippen LogP contribution in [0.25, 0.3) is 11.0 Å². The van der Waals surface area contributed by atoms with Crippen LogP contribution in [0, 0.1) is 0 Å². The fourth-order valence-electron chi connectivity index (χ4n) is 3.59. The van der Waals surface area contributed by atoms with Crippen molar-refractivity contribution in [3.63, 3.8) is 0 Å². The summed E-state index contributed by atoms with van der Waals surface area (Å²) in [5, 5.41) is 24.9. The van der Waals surface area contributed by atoms with Crippen molar-refractivity contribution in [3.8, 4) is 5.75 Å². The van der Waals surface area contributed by atoms with Crippen molar-refractivity contribution in [3.05, 3.63) is 34.7 Å². The van der Waals surface area contributed by atoms with E-state index in [2.05, 4.69) is 10.6 Å². The number of aliphatic hydroxyl groups excluding tert-OH is 1. The number of hydrogen-bond acceptors (Lipinski definition) is 8. The summed E-state index contributed by atoms with van der Waals surface area (Å²) in [5.41, 5.74) is -1.54. The van der Waals surface area contributed by atoms with Crippen LogP contribution in [0.4, 0.5) is 10.5 Å². The van der Waals surface area contributed by atoms with Crippen LogP contribution >= 0.6 is 0 Å². The molecule has 0 radical (unpaired) electrons. The lowest BCUT2D eigenvalue weighted by atomic mass is 9.88. The Balaban J connectivity index is 1.92. The number of anilines is 1. The van der Waals surface area contributed by atoms with E-state index < -0.39 is 47.8 Å². The summed E-state index contributed by atoms with van der Waals surface area (Å²) in [7, 11) is 1.39. The molecule has 2 aromatic rings. The fourth-order valence-corrected chi connectivity index (χ4v) is 3.59. The zero-order valence-corrected chi connectivity index (χ0v) is 17.4. The molecule has 0 unspecified atom stereocenters. The summed E-state index contributed by atoms with van der Waals surface area (Å²) in [4.78, 5) is 34.5. The first kappa shape index (κ1) is 22.5. The van der Waals surface area contributed by atoms with Crippen molar-refractivity contribution >= 4 is 28.7 Å². The number of ether oxygens (including phenoxy) is 3. The highest BCUT2D eigenvalue weighted by molar-refractivity contribution is 5.91. The standard InChI is InChI=1S/C20H24N2O9/c1-9(23)21-12-7-10-5-6-11(8-13(10)30-17(12)25)29-18-14(22-19(26)27)15(24)16(28-4)20(2,3)31-18/h5-8,14-16,18,22,24H,1-4H3,(H,21,23)(H,26,27)/t14-,15-,16-,18-/m1/s1. The van der Waals surface area contributed by atoms with Gasteiger partial charge in [0, 0.05) is 25.5 Å². The second-order valence-corrected chi connectivity index (χ2v) is 7.66. The van der Waals surface area contributed by atoms with Crippen LogP contribution in [-0.2, 0) is 14.3 Å². The van der Waals surface area contributed by atoms with E-state index in [1.165, 1.54) is 26.2 Å². The predicted molar refractivity (Wildman–Crippen MR) is 108 cm³/mol. The molecule has 1 aliphatic heterocycles. The molecule has 1 aliphatic rings. The lowest BCUT2D eigenvalue weighted by Gasteiger charge is -2.47. The Morgan fingerprint density at radius 3 is 2.55 bits per heavy atom. The van der Waals surface area contributed by atoms with Gasteiger partial charge in [-0.05, 0) is 32.0 Å². The molecule has 1 aromatic heterocycles. The maximum atomic E-state index is 12.1. The number of carboxylic acid groups (broad SMARTS) is 1. The van der Waals surface area contributed by atoms with Crippen molar-refractivity contribution in [2.75, 3.05) is 12.4 Å². The van der Waals surface area contributed by atoms with E-state index in [4.69, 9.17) is 23.7 Å². The number of fused-ring (bicyclic) bond motifs is 1. The SMILES string of the molecule is CO[C@@H]1[C@H](O)[C@@H](NC(=O)O)[C@H](Oc2ccc3cc(NC(C)=O)c(=O)oc3c2)OC1(C)C. The van der Waals surface area contributed by atoms with Crippen molar-refractivity contribution in [2.45, 2.75) is 50.9 Å². The van der Waals surface area contributed by atoms with Gasteiger partial charge >= 0.3 is 11.7 Å². The first-order chi connectivity index (χ1) is 14.5. The highest BCUT2D eigenvalue weighted by Gasteiger charge is 2.51. The Bertz CT molecular complexity index is 1050. The minimum absolute atomic E-state index is 0.00508. The van der Waals surface area contributed by atoms with Crippen molar-refractivity contribution in [2.24, 2.45) is 0 Å². The highest BCUT2D eigenvalue weighted by atomic mass is 16.7. The van der Waals surface area contributed by atoms with E-state index in [1.807, 2.05) is 0 Å². The Labute approximate surface area is 176 Å². The number of benzene rings is 1. The van der Waals surface area contributed by atoms with Gasteiger partial charge in [-0.15, -0.1) is 0 Å². The van der Waals surface area contributed by atoms with Gasteiger partial charge in [0.1, 0.15) is 35.3 Å². The minimum atomic E-state index is -1.37. The molecule has 3 rings (SSSR count). The smallest absolute Gasteiger partial charge is 0.405 e. The van der Waals surface area contributed by atoms with Gasteiger partial charge in [-0.1, -0.05) is 0 Å². The third kappa shape index (κ3) is 4.79. The van der Waals surface area contributed by atoms with E-state index in [0.29, 0.717) is 5.39 Å². The molecule has 4 N–H and O–H groups in total. The normalized spacial score (nSPS) is 25.1. The Kier molecular flexibility index (Phi) is 6.20. The van der Waals surface area contributed by atoms with Gasteiger partial charge in [-0.3, -0.25) is 4.79 Å². The van der Waals surface area contributed by atoms with Crippen LogP contribution in [0.2, 0.25) is 0 Å². The zero-order valence-electron chi connectivity index (χ0n) is 17.4. The number of methoxy groups -OCH3 is 1. The first-order valence-electron chi connectivity index (χ1n) is 9.42. The largest absolute Gasteiger partial charge is 0.465 e. The quantitative estimate of drug-likeness (QED) is 0.507. The van der Waals surface area contributed by atoms with Gasteiger partial charge in [0.05, 0.1) is 5.60 Å². The average Bonchev–Trinajstić information content (AvgIpc) is 2.65. The maximum Gasteiger partial charge on any atom is 0.405 e. The molecule has 0 spiro atoms. The molecule has 0 bridgehead atoms. The Morgan fingerprint density at radius 2 is 1.94 bits per heavy atom. The first-order valence-corrected chi connectivity index (χ1v) is 9.42. The third-order valence-corrected chi connectivity index (χ3v) is 4.89. The number of carbonyl (C=O) groups excluding carboxylic acids is 1. The minimum Gasteiger partial charge on any atom is -0.465 e. The second kappa shape index (κ2) is 8.53. The monoisotopic (exact) mass is 436 g/mol. The molecule has 1 fully saturated rings. The van der Waals surface area contributed by atoms with Crippen molar-refractivity contribution < 1.29 is 38.4 Å².